The van der Waals surface area contributed by atoms with Crippen LogP contribution >= 0.6 is 24.0 Å². The monoisotopic (exact) mass is 290 g/mol. The first-order valence-corrected chi connectivity index (χ1v) is 6.18. The molecular weight excluding hydrogens is 271 g/mol. The van der Waals surface area contributed by atoms with Crippen LogP contribution in [0, 0.1) is 0 Å². The molecule has 0 aromatic heterocycles. The quantitative estimate of drug-likeness (QED) is 0.876. The highest BCUT2D eigenvalue weighted by molar-refractivity contribution is 6.31. The molecule has 1 amide bonds. The molecule has 0 aliphatic carbocycles. The molecule has 5 heteroatoms. The van der Waals surface area contributed by atoms with E-state index in [1.807, 2.05) is 38.1 Å². The van der Waals surface area contributed by atoms with Crippen molar-refractivity contribution in [2.75, 3.05) is 0 Å². The Bertz CT molecular complexity index is 383. The van der Waals surface area contributed by atoms with E-state index in [1.54, 1.807) is 0 Å². The van der Waals surface area contributed by atoms with Crippen LogP contribution in [0.15, 0.2) is 24.3 Å². The zero-order valence-corrected chi connectivity index (χ0v) is 12.2. The molecule has 0 fully saturated rings. The fourth-order valence-corrected chi connectivity index (χ4v) is 1.88. The first-order valence-electron chi connectivity index (χ1n) is 5.80. The highest BCUT2D eigenvalue weighted by atomic mass is 35.5. The van der Waals surface area contributed by atoms with E-state index in [2.05, 4.69) is 5.32 Å². The minimum Gasteiger partial charge on any atom is -0.350 e. The van der Waals surface area contributed by atoms with E-state index in [-0.39, 0.29) is 30.4 Å². The molecule has 1 aromatic carbocycles. The van der Waals surface area contributed by atoms with Gasteiger partial charge in [0.2, 0.25) is 5.91 Å². The van der Waals surface area contributed by atoms with Gasteiger partial charge in [-0.2, -0.15) is 0 Å². The van der Waals surface area contributed by atoms with Gasteiger partial charge in [0.05, 0.1) is 6.04 Å². The lowest BCUT2D eigenvalue weighted by Gasteiger charge is -2.16. The summed E-state index contributed by atoms with van der Waals surface area (Å²) in [5, 5.41) is 3.59. The van der Waals surface area contributed by atoms with E-state index < -0.39 is 0 Å². The maximum Gasteiger partial charge on any atom is 0.220 e. The summed E-state index contributed by atoms with van der Waals surface area (Å²) in [4.78, 5) is 11.6. The van der Waals surface area contributed by atoms with Gasteiger partial charge in [-0.25, -0.2) is 0 Å². The van der Waals surface area contributed by atoms with Gasteiger partial charge in [-0.05, 0) is 31.9 Å². The molecule has 0 aliphatic rings. The molecule has 0 radical (unpaired) electrons. The van der Waals surface area contributed by atoms with E-state index in [1.165, 1.54) is 0 Å². The van der Waals surface area contributed by atoms with Gasteiger partial charge >= 0.3 is 0 Å². The summed E-state index contributed by atoms with van der Waals surface area (Å²) in [6.07, 6.45) is 1.15. The van der Waals surface area contributed by atoms with E-state index in [0.29, 0.717) is 17.9 Å². The van der Waals surface area contributed by atoms with Crippen LogP contribution in [0.2, 0.25) is 5.02 Å². The van der Waals surface area contributed by atoms with Crippen molar-refractivity contribution in [3.63, 3.8) is 0 Å². The maximum absolute atomic E-state index is 11.6. The van der Waals surface area contributed by atoms with Crippen molar-refractivity contribution in [2.24, 2.45) is 5.73 Å². The molecule has 0 aliphatic heterocycles. The molecule has 1 rings (SSSR count). The van der Waals surface area contributed by atoms with Crippen molar-refractivity contribution in [3.8, 4) is 0 Å². The summed E-state index contributed by atoms with van der Waals surface area (Å²) in [6, 6.07) is 7.49. The topological polar surface area (TPSA) is 55.1 Å². The smallest absolute Gasteiger partial charge is 0.220 e. The van der Waals surface area contributed by atoms with Gasteiger partial charge in [0.1, 0.15) is 0 Å². The predicted octanol–water partition coefficient (Wildman–Crippen LogP) is 3.07. The Morgan fingerprint density at radius 2 is 2.00 bits per heavy atom. The highest BCUT2D eigenvalue weighted by Gasteiger charge is 2.12. The molecule has 2 unspecified atom stereocenters. The van der Waals surface area contributed by atoms with Gasteiger partial charge in [-0.1, -0.05) is 29.8 Å². The highest BCUT2D eigenvalue weighted by Crippen LogP contribution is 2.22. The summed E-state index contributed by atoms with van der Waals surface area (Å²) in [5.74, 6) is 0.00900. The minimum atomic E-state index is -0.0794. The molecule has 0 heterocycles. The third-order valence-corrected chi connectivity index (χ3v) is 2.92. The van der Waals surface area contributed by atoms with Crippen molar-refractivity contribution in [1.82, 2.24) is 5.32 Å². The second-order valence-electron chi connectivity index (χ2n) is 4.33. The molecular formula is C13H20Cl2N2O. The molecule has 0 saturated heterocycles. The largest absolute Gasteiger partial charge is 0.350 e. The van der Waals surface area contributed by atoms with Crippen molar-refractivity contribution in [1.29, 1.82) is 0 Å². The summed E-state index contributed by atoms with van der Waals surface area (Å²) in [7, 11) is 0. The molecule has 0 spiro atoms. The average molecular weight is 291 g/mol. The van der Waals surface area contributed by atoms with Crippen molar-refractivity contribution < 1.29 is 4.79 Å². The number of carbonyl (C=O) groups is 1. The van der Waals surface area contributed by atoms with Crippen LogP contribution in [0.25, 0.3) is 0 Å². The number of halogens is 2. The number of carbonyl (C=O) groups excluding carboxylic acids is 1. The summed E-state index contributed by atoms with van der Waals surface area (Å²) < 4.78 is 0. The molecule has 1 aromatic rings. The van der Waals surface area contributed by atoms with Gasteiger partial charge in [0, 0.05) is 17.5 Å². The van der Waals surface area contributed by atoms with E-state index in [9.17, 15) is 4.79 Å². The van der Waals surface area contributed by atoms with Crippen LogP contribution < -0.4 is 11.1 Å². The normalized spacial score (nSPS) is 13.3. The molecule has 3 N–H and O–H groups in total. The van der Waals surface area contributed by atoms with E-state index in [4.69, 9.17) is 17.3 Å². The number of nitrogens with one attached hydrogen (secondary N) is 1. The van der Waals surface area contributed by atoms with Crippen LogP contribution in [-0.2, 0) is 4.79 Å². The Kier molecular flexibility index (Phi) is 8.00. The van der Waals surface area contributed by atoms with Crippen molar-refractivity contribution >= 4 is 29.9 Å². The first-order chi connectivity index (χ1) is 8.00. The fourth-order valence-electron chi connectivity index (χ4n) is 1.58. The average Bonchev–Trinajstić information content (AvgIpc) is 2.26. The lowest BCUT2D eigenvalue weighted by atomic mass is 10.1. The maximum atomic E-state index is 11.6. The van der Waals surface area contributed by atoms with Gasteiger partial charge in [-0.15, -0.1) is 12.4 Å². The number of benzene rings is 1. The lowest BCUT2D eigenvalue weighted by molar-refractivity contribution is -0.121. The van der Waals surface area contributed by atoms with Crippen LogP contribution in [0.1, 0.15) is 38.3 Å². The zero-order chi connectivity index (χ0) is 12.8. The Morgan fingerprint density at radius 1 is 1.39 bits per heavy atom. The molecule has 0 saturated carbocycles. The van der Waals surface area contributed by atoms with Crippen molar-refractivity contribution in [3.05, 3.63) is 34.9 Å². The molecule has 3 nitrogen and oxygen atoms in total. The van der Waals surface area contributed by atoms with E-state index >= 15 is 0 Å². The number of rotatable bonds is 5. The first kappa shape index (κ1) is 17.2. The fraction of sp³-hybridized carbons (Fsp3) is 0.462. The van der Waals surface area contributed by atoms with Crippen LogP contribution in [0.4, 0.5) is 0 Å². The number of hydrogen-bond donors (Lipinski definition) is 2. The lowest BCUT2D eigenvalue weighted by Crippen LogP contribution is -2.28. The predicted molar refractivity (Wildman–Crippen MR) is 78.1 cm³/mol. The third kappa shape index (κ3) is 5.71. The molecule has 0 bridgehead atoms. The SMILES string of the molecule is CC(N)CCC(=O)NC(C)c1ccccc1Cl.Cl. The number of amides is 1. The van der Waals surface area contributed by atoms with Crippen LogP contribution in [0.5, 0.6) is 0 Å². The molecule has 2 atom stereocenters. The Balaban J connectivity index is 0.00000289. The summed E-state index contributed by atoms with van der Waals surface area (Å²) in [5.41, 5.74) is 6.54. The van der Waals surface area contributed by atoms with Crippen molar-refractivity contribution in [2.45, 2.75) is 38.8 Å². The van der Waals surface area contributed by atoms with E-state index in [0.717, 1.165) is 5.56 Å². The zero-order valence-electron chi connectivity index (χ0n) is 10.7. The molecule has 102 valence electrons. The minimum absolute atomic E-state index is 0. The van der Waals surface area contributed by atoms with Gasteiger partial charge in [-0.3, -0.25) is 4.79 Å². The van der Waals surface area contributed by atoms with Crippen LogP contribution in [0.3, 0.4) is 0 Å². The number of nitrogens with two attached hydrogens (primary N) is 1. The van der Waals surface area contributed by atoms with Crippen LogP contribution in [-0.4, -0.2) is 11.9 Å². The standard InChI is InChI=1S/C13H19ClN2O.ClH/c1-9(15)7-8-13(17)16-10(2)11-5-3-4-6-12(11)14;/h3-6,9-10H,7-8,15H2,1-2H3,(H,16,17);1H. The number of hydrogen-bond acceptors (Lipinski definition) is 2. The third-order valence-electron chi connectivity index (χ3n) is 2.58. The summed E-state index contributed by atoms with van der Waals surface area (Å²) >= 11 is 6.06. The second kappa shape index (κ2) is 8.35. The Morgan fingerprint density at radius 3 is 2.56 bits per heavy atom. The summed E-state index contributed by atoms with van der Waals surface area (Å²) in [6.45, 7) is 3.82. The Labute approximate surface area is 119 Å². The Hall–Kier alpha value is -0.770. The van der Waals surface area contributed by atoms with Gasteiger partial charge < -0.3 is 11.1 Å². The molecule has 18 heavy (non-hydrogen) atoms. The second-order valence-corrected chi connectivity index (χ2v) is 4.73. The van der Waals surface area contributed by atoms with Gasteiger partial charge in [0.25, 0.3) is 0 Å². The van der Waals surface area contributed by atoms with Gasteiger partial charge in [0.15, 0.2) is 0 Å².